The molecule has 3 rings (SSSR count). The number of carbonyl (C=O) groups excluding carboxylic acids is 1. The van der Waals surface area contributed by atoms with Gasteiger partial charge in [-0.15, -0.1) is 0 Å². The Kier molecular flexibility index (Phi) is 4.13. The first-order chi connectivity index (χ1) is 11.5. The molecule has 0 N–H and O–H groups in total. The van der Waals surface area contributed by atoms with Gasteiger partial charge in [0.2, 0.25) is 5.90 Å². The number of halogens is 1. The summed E-state index contributed by atoms with van der Waals surface area (Å²) in [5.74, 6) is -1.42. The Morgan fingerprint density at radius 1 is 1.17 bits per heavy atom. The van der Waals surface area contributed by atoms with Crippen LogP contribution in [-0.4, -0.2) is 16.8 Å². The van der Waals surface area contributed by atoms with E-state index in [9.17, 15) is 20.0 Å². The fourth-order valence-electron chi connectivity index (χ4n) is 2.11. The maximum absolute atomic E-state index is 12.0. The molecule has 2 aromatic carbocycles. The number of aliphatic imine (C=N–C) groups is 1. The lowest BCUT2D eigenvalue weighted by molar-refractivity contribution is -0.398. The lowest BCUT2D eigenvalue weighted by atomic mass is 10.1. The monoisotopic (exact) mass is 387 g/mol. The van der Waals surface area contributed by atoms with Crippen LogP contribution in [0.3, 0.4) is 0 Å². The Morgan fingerprint density at radius 2 is 1.92 bits per heavy atom. The first-order valence-electron chi connectivity index (χ1n) is 6.69. The standard InChI is InChI=1S/C16H9BrN2O5/c17-11-6-2-1-5-10(11)15-18-12(16(21)24-15)8-9-4-3-7-13(14(9)20)19(22)23/h1-8,20H/p-1/b12-8+. The van der Waals surface area contributed by atoms with Gasteiger partial charge in [-0.1, -0.05) is 24.3 Å². The third-order valence-corrected chi connectivity index (χ3v) is 3.93. The molecule has 0 fully saturated rings. The average Bonchev–Trinajstić information content (AvgIpc) is 2.90. The number of nitro benzene ring substituents is 1. The van der Waals surface area contributed by atoms with Crippen molar-refractivity contribution in [2.45, 2.75) is 0 Å². The van der Waals surface area contributed by atoms with Crippen LogP contribution < -0.4 is 5.11 Å². The van der Waals surface area contributed by atoms with Crippen LogP contribution in [0.15, 0.2) is 57.6 Å². The van der Waals surface area contributed by atoms with Gasteiger partial charge < -0.3 is 9.84 Å². The predicted molar refractivity (Wildman–Crippen MR) is 87.3 cm³/mol. The Bertz CT molecular complexity index is 920. The lowest BCUT2D eigenvalue weighted by Crippen LogP contribution is -2.06. The molecule has 7 nitrogen and oxygen atoms in total. The second-order valence-corrected chi connectivity index (χ2v) is 5.62. The highest BCUT2D eigenvalue weighted by Gasteiger charge is 2.25. The van der Waals surface area contributed by atoms with Crippen molar-refractivity contribution in [2.24, 2.45) is 4.99 Å². The first-order valence-corrected chi connectivity index (χ1v) is 7.48. The van der Waals surface area contributed by atoms with Crippen molar-refractivity contribution in [1.82, 2.24) is 0 Å². The van der Waals surface area contributed by atoms with E-state index in [1.165, 1.54) is 18.2 Å². The minimum absolute atomic E-state index is 0.00622. The number of esters is 1. The molecular weight excluding hydrogens is 380 g/mol. The van der Waals surface area contributed by atoms with Gasteiger partial charge in [0.1, 0.15) is 0 Å². The van der Waals surface area contributed by atoms with E-state index in [1.807, 2.05) is 0 Å². The zero-order chi connectivity index (χ0) is 17.3. The van der Waals surface area contributed by atoms with Gasteiger partial charge in [-0.2, -0.15) is 0 Å². The summed E-state index contributed by atoms with van der Waals surface area (Å²) in [6.07, 6.45) is 1.18. The summed E-state index contributed by atoms with van der Waals surface area (Å²) in [6, 6.07) is 10.9. The molecule has 0 saturated carbocycles. The highest BCUT2D eigenvalue weighted by molar-refractivity contribution is 9.10. The van der Waals surface area contributed by atoms with Crippen LogP contribution >= 0.6 is 15.9 Å². The van der Waals surface area contributed by atoms with Crippen LogP contribution in [0.4, 0.5) is 5.69 Å². The maximum atomic E-state index is 12.0. The smallest absolute Gasteiger partial charge is 0.363 e. The van der Waals surface area contributed by atoms with Gasteiger partial charge in [-0.05, 0) is 45.5 Å². The minimum atomic E-state index is -0.785. The van der Waals surface area contributed by atoms with Gasteiger partial charge in [-0.25, -0.2) is 9.79 Å². The molecule has 0 saturated heterocycles. The Labute approximate surface area is 144 Å². The normalized spacial score (nSPS) is 15.3. The van der Waals surface area contributed by atoms with Gasteiger partial charge in [-0.3, -0.25) is 10.1 Å². The summed E-state index contributed by atoms with van der Waals surface area (Å²) in [5.41, 5.74) is -0.0898. The number of cyclic esters (lactones) is 1. The Balaban J connectivity index is 2.03. The third kappa shape index (κ3) is 2.91. The molecule has 24 heavy (non-hydrogen) atoms. The molecule has 0 bridgehead atoms. The van der Waals surface area contributed by atoms with Crippen LogP contribution in [0.25, 0.3) is 6.08 Å². The predicted octanol–water partition coefficient (Wildman–Crippen LogP) is 2.78. The summed E-state index contributed by atoms with van der Waals surface area (Å²) < 4.78 is 5.80. The zero-order valence-electron chi connectivity index (χ0n) is 11.9. The zero-order valence-corrected chi connectivity index (χ0v) is 13.5. The van der Waals surface area contributed by atoms with E-state index in [4.69, 9.17) is 4.74 Å². The van der Waals surface area contributed by atoms with Crippen molar-refractivity contribution in [3.8, 4) is 5.75 Å². The van der Waals surface area contributed by atoms with Gasteiger partial charge in [0.25, 0.3) is 5.69 Å². The summed E-state index contributed by atoms with van der Waals surface area (Å²) in [7, 11) is 0. The fraction of sp³-hybridized carbons (Fsp3) is 0. The van der Waals surface area contributed by atoms with E-state index >= 15 is 0 Å². The Morgan fingerprint density at radius 3 is 2.62 bits per heavy atom. The van der Waals surface area contributed by atoms with E-state index < -0.39 is 22.3 Å². The molecule has 1 aliphatic rings. The van der Waals surface area contributed by atoms with Gasteiger partial charge in [0.05, 0.1) is 10.5 Å². The van der Waals surface area contributed by atoms with E-state index in [1.54, 1.807) is 24.3 Å². The number of nitro groups is 1. The van der Waals surface area contributed by atoms with Crippen LogP contribution in [0.5, 0.6) is 5.75 Å². The highest BCUT2D eigenvalue weighted by Crippen LogP contribution is 2.30. The topological polar surface area (TPSA) is 105 Å². The molecule has 120 valence electrons. The van der Waals surface area contributed by atoms with E-state index in [0.29, 0.717) is 10.0 Å². The number of para-hydroxylation sites is 1. The Hall–Kier alpha value is -3.00. The number of nitrogens with zero attached hydrogens (tertiary/aromatic N) is 2. The SMILES string of the molecule is O=C1OC(c2ccccc2Br)=N/C1=C/c1cccc([N+](=O)[O-])c1[O-]. The summed E-state index contributed by atoms with van der Waals surface area (Å²) in [6.45, 7) is 0. The van der Waals surface area contributed by atoms with Crippen LogP contribution in [0, 0.1) is 10.1 Å². The molecule has 0 unspecified atom stereocenters. The number of carbonyl (C=O) groups is 1. The average molecular weight is 388 g/mol. The first kappa shape index (κ1) is 15.9. The van der Waals surface area contributed by atoms with E-state index in [2.05, 4.69) is 20.9 Å². The van der Waals surface area contributed by atoms with Gasteiger partial charge in [0, 0.05) is 10.5 Å². The second kappa shape index (κ2) is 6.25. The van der Waals surface area contributed by atoms with Crippen molar-refractivity contribution in [3.63, 3.8) is 0 Å². The van der Waals surface area contributed by atoms with Gasteiger partial charge >= 0.3 is 5.97 Å². The van der Waals surface area contributed by atoms with Crippen molar-refractivity contribution < 1.29 is 19.6 Å². The molecule has 0 spiro atoms. The molecule has 0 aromatic heterocycles. The summed E-state index contributed by atoms with van der Waals surface area (Å²) in [5, 5.41) is 22.8. The van der Waals surface area contributed by atoms with Crippen molar-refractivity contribution >= 4 is 39.6 Å². The fourth-order valence-corrected chi connectivity index (χ4v) is 2.56. The number of rotatable bonds is 3. The maximum Gasteiger partial charge on any atom is 0.363 e. The van der Waals surface area contributed by atoms with Crippen molar-refractivity contribution in [1.29, 1.82) is 0 Å². The quantitative estimate of drug-likeness (QED) is 0.348. The van der Waals surface area contributed by atoms with Crippen molar-refractivity contribution in [2.75, 3.05) is 0 Å². The number of hydrogen-bond donors (Lipinski definition) is 0. The molecule has 8 heteroatoms. The molecule has 0 atom stereocenters. The molecule has 0 radical (unpaired) electrons. The lowest BCUT2D eigenvalue weighted by Gasteiger charge is -2.09. The third-order valence-electron chi connectivity index (χ3n) is 3.24. The van der Waals surface area contributed by atoms with E-state index in [0.717, 1.165) is 6.07 Å². The molecule has 2 aromatic rings. The summed E-state index contributed by atoms with van der Waals surface area (Å²) >= 11 is 3.33. The second-order valence-electron chi connectivity index (χ2n) is 4.77. The van der Waals surface area contributed by atoms with E-state index in [-0.39, 0.29) is 17.2 Å². The van der Waals surface area contributed by atoms with Crippen LogP contribution in [0.2, 0.25) is 0 Å². The highest BCUT2D eigenvalue weighted by atomic mass is 79.9. The molecule has 1 aliphatic heterocycles. The van der Waals surface area contributed by atoms with Crippen molar-refractivity contribution in [3.05, 3.63) is 73.9 Å². The number of hydrogen-bond acceptors (Lipinski definition) is 6. The largest absolute Gasteiger partial charge is 0.867 e. The number of ether oxygens (including phenoxy) is 1. The van der Waals surface area contributed by atoms with Gasteiger partial charge in [0.15, 0.2) is 5.70 Å². The van der Waals surface area contributed by atoms with Crippen LogP contribution in [-0.2, 0) is 9.53 Å². The molecule has 0 amide bonds. The number of benzene rings is 2. The van der Waals surface area contributed by atoms with Crippen LogP contribution in [0.1, 0.15) is 11.1 Å². The molecular formula is C16H8BrN2O5-. The summed E-state index contributed by atoms with van der Waals surface area (Å²) in [4.78, 5) is 26.1. The minimum Gasteiger partial charge on any atom is -0.867 e. The molecule has 0 aliphatic carbocycles. The molecule has 1 heterocycles.